The number of carbonyl (C=O) groups excluding carboxylic acids is 1. The van der Waals surface area contributed by atoms with Gasteiger partial charge in [0.25, 0.3) is 0 Å². The van der Waals surface area contributed by atoms with Gasteiger partial charge >= 0.3 is 94.6 Å². The number of esters is 1. The molecule has 2 aromatic carbocycles. The first-order chi connectivity index (χ1) is 15.4. The van der Waals surface area contributed by atoms with Crippen molar-refractivity contribution < 1.29 is 148 Å². The molecule has 0 saturated heterocycles. The first kappa shape index (κ1) is 37.6. The number of phosphoric ester groups is 1. The van der Waals surface area contributed by atoms with E-state index in [9.17, 15) is 34.5 Å². The molecule has 1 aliphatic rings. The molecule has 178 valence electrons. The van der Waals surface area contributed by atoms with Crippen molar-refractivity contribution in [1.82, 2.24) is 0 Å². The third-order valence-corrected chi connectivity index (χ3v) is 4.33. The number of aliphatic hydroxyl groups excluding tert-OH is 2. The number of phenols is 3. The van der Waals surface area contributed by atoms with Gasteiger partial charge in [-0.2, -0.15) is 0 Å². The third kappa shape index (κ3) is 12.3. The summed E-state index contributed by atoms with van der Waals surface area (Å²) in [6, 6.07) is 11.1. The van der Waals surface area contributed by atoms with Crippen molar-refractivity contribution in [2.75, 3.05) is 6.61 Å². The van der Waals surface area contributed by atoms with Crippen LogP contribution in [0, 0.1) is 0 Å². The van der Waals surface area contributed by atoms with E-state index in [1.165, 1.54) is 6.07 Å². The molecule has 0 aliphatic carbocycles. The van der Waals surface area contributed by atoms with Crippen LogP contribution in [0.2, 0.25) is 0 Å². The van der Waals surface area contributed by atoms with Crippen LogP contribution in [0.15, 0.2) is 54.0 Å². The standard InChI is InChI=1S/C14H12O3.C6H9O9P.3Na/c15-12-5-3-10(4-6-12)1-2-11-7-13(16)9-14(17)8-11;7-1-2(8)4-3(9)5(6(10)14-4)15-16(11,12)13;;;/h1-9,15-17H;2,4,7-9H,1H2,(H2,11,12,13);;;/q;;3*+1/p-3/b2-1+;;;;/t;2-,4+;;;/m.0.../s1. The Bertz CT molecular complexity index is 1080. The van der Waals surface area contributed by atoms with E-state index in [1.54, 1.807) is 42.5 Å². The Kier molecular flexibility index (Phi) is 17.9. The average molecular weight is 550 g/mol. The number of carbonyl (C=O) groups is 1. The summed E-state index contributed by atoms with van der Waals surface area (Å²) >= 11 is 0. The van der Waals surface area contributed by atoms with Gasteiger partial charge in [-0.15, -0.1) is 0 Å². The first-order valence-corrected chi connectivity index (χ1v) is 10.5. The van der Waals surface area contributed by atoms with Crippen molar-refractivity contribution in [3.8, 4) is 17.2 Å². The monoisotopic (exact) mass is 550 g/mol. The summed E-state index contributed by atoms with van der Waals surface area (Å²) in [5, 5.41) is 56.5. The van der Waals surface area contributed by atoms with E-state index in [0.717, 1.165) is 5.56 Å². The van der Waals surface area contributed by atoms with Crippen LogP contribution in [-0.2, 0) is 18.6 Å². The average Bonchev–Trinajstić information content (AvgIpc) is 2.99. The van der Waals surface area contributed by atoms with E-state index >= 15 is 0 Å². The molecule has 0 aromatic heterocycles. The van der Waals surface area contributed by atoms with Gasteiger partial charge in [0, 0.05) is 6.07 Å². The molecular weight excluding hydrogens is 532 g/mol. The Morgan fingerprint density at radius 1 is 0.944 bits per heavy atom. The van der Waals surface area contributed by atoms with Gasteiger partial charge in [-0.1, -0.05) is 24.3 Å². The minimum Gasteiger partial charge on any atom is -0.870 e. The molecule has 0 fully saturated rings. The van der Waals surface area contributed by atoms with Crippen molar-refractivity contribution in [3.63, 3.8) is 0 Å². The van der Waals surface area contributed by atoms with Gasteiger partial charge in [-0.3, -0.25) is 0 Å². The van der Waals surface area contributed by atoms with Crippen LogP contribution >= 0.6 is 7.82 Å². The van der Waals surface area contributed by atoms with Crippen molar-refractivity contribution >= 4 is 25.9 Å². The first-order valence-electron chi connectivity index (χ1n) is 9.02. The molecule has 0 amide bonds. The molecule has 2 aromatic rings. The molecule has 36 heavy (non-hydrogen) atoms. The normalized spacial score (nSPS) is 15.4. The summed E-state index contributed by atoms with van der Waals surface area (Å²) in [5.41, 5.74) is 1.63. The van der Waals surface area contributed by atoms with Crippen LogP contribution in [0.4, 0.5) is 0 Å². The molecule has 0 unspecified atom stereocenters. The largest absolute Gasteiger partial charge is 1.00 e. The topological polar surface area (TPSA) is 223 Å². The molecule has 1 aliphatic heterocycles. The van der Waals surface area contributed by atoms with Crippen LogP contribution in [0.3, 0.4) is 0 Å². The second-order valence-corrected chi connectivity index (χ2v) is 7.59. The second-order valence-electron chi connectivity index (χ2n) is 6.52. The summed E-state index contributed by atoms with van der Waals surface area (Å²) in [4.78, 5) is 31.3. The Morgan fingerprint density at radius 2 is 1.44 bits per heavy atom. The van der Waals surface area contributed by atoms with Gasteiger partial charge in [0.05, 0.1) is 6.61 Å². The molecule has 0 spiro atoms. The van der Waals surface area contributed by atoms with E-state index in [0.29, 0.717) is 5.56 Å². The molecule has 0 saturated carbocycles. The number of phenolic OH excluding ortho intramolecular Hbond substituents is 3. The number of aromatic hydroxyl groups is 3. The van der Waals surface area contributed by atoms with Gasteiger partial charge in [0.15, 0.2) is 0 Å². The number of rotatable bonds is 6. The maximum atomic E-state index is 11.2. The third-order valence-electron chi connectivity index (χ3n) is 3.93. The predicted molar refractivity (Wildman–Crippen MR) is 105 cm³/mol. The van der Waals surface area contributed by atoms with Gasteiger partial charge in [-0.05, 0) is 41.2 Å². The SMILES string of the molecule is O=C1O[C@H]([C@@H](O)CO)C([O-])=C1OP(=O)([O-])[O-].Oc1ccc(/C=C/c2cc(O)cc(O)c2)cc1.[Na+].[Na+].[Na+]. The molecule has 0 bridgehead atoms. The predicted octanol–water partition coefficient (Wildman–Crippen LogP) is -10.3. The summed E-state index contributed by atoms with van der Waals surface area (Å²) in [5.74, 6) is -3.83. The minimum atomic E-state index is -5.56. The number of hydrogen-bond acceptors (Lipinski definition) is 12. The molecule has 1 heterocycles. The number of aliphatic hydroxyl groups is 2. The zero-order valence-electron chi connectivity index (χ0n) is 19.6. The molecule has 0 radical (unpaired) electrons. The smallest absolute Gasteiger partial charge is 0.870 e. The van der Waals surface area contributed by atoms with Crippen LogP contribution in [-0.4, -0.2) is 50.3 Å². The zero-order chi connectivity index (χ0) is 24.8. The number of ether oxygens (including phenoxy) is 1. The van der Waals surface area contributed by atoms with E-state index in [4.69, 9.17) is 15.3 Å². The molecule has 5 N–H and O–H groups in total. The molecule has 16 heteroatoms. The van der Waals surface area contributed by atoms with Gasteiger partial charge in [-0.25, -0.2) is 4.79 Å². The Balaban J connectivity index is 0. The Labute approximate surface area is 272 Å². The molecule has 12 nitrogen and oxygen atoms in total. The fraction of sp³-hybridized carbons (Fsp3) is 0.150. The van der Waals surface area contributed by atoms with Crippen LogP contribution < -0.4 is 104 Å². The van der Waals surface area contributed by atoms with E-state index in [1.807, 2.05) is 6.08 Å². The molecule has 3 rings (SSSR count). The summed E-state index contributed by atoms with van der Waals surface area (Å²) in [6.45, 7) is -0.886. The fourth-order valence-electron chi connectivity index (χ4n) is 2.49. The van der Waals surface area contributed by atoms with Gasteiger partial charge in [0.1, 0.15) is 37.3 Å². The Morgan fingerprint density at radius 3 is 1.92 bits per heavy atom. The minimum absolute atomic E-state index is 0. The summed E-state index contributed by atoms with van der Waals surface area (Å²) < 4.78 is 18.0. The van der Waals surface area contributed by atoms with E-state index in [-0.39, 0.29) is 106 Å². The summed E-state index contributed by atoms with van der Waals surface area (Å²) in [6.07, 6.45) is 0.119. The van der Waals surface area contributed by atoms with Crippen molar-refractivity contribution in [3.05, 3.63) is 65.1 Å². The second kappa shape index (κ2) is 17.1. The van der Waals surface area contributed by atoms with Crippen LogP contribution in [0.1, 0.15) is 11.1 Å². The van der Waals surface area contributed by atoms with Gasteiger partial charge in [0.2, 0.25) is 5.76 Å². The maximum Gasteiger partial charge on any atom is 1.00 e. The number of hydrogen-bond donors (Lipinski definition) is 5. The van der Waals surface area contributed by atoms with E-state index < -0.39 is 44.1 Å². The van der Waals surface area contributed by atoms with Gasteiger partial charge < -0.3 is 54.3 Å². The van der Waals surface area contributed by atoms with Crippen molar-refractivity contribution in [2.45, 2.75) is 12.2 Å². The number of phosphoric acid groups is 1. The van der Waals surface area contributed by atoms with Crippen LogP contribution in [0.5, 0.6) is 17.2 Å². The summed E-state index contributed by atoms with van der Waals surface area (Å²) in [7, 11) is -5.56. The fourth-order valence-corrected chi connectivity index (χ4v) is 2.88. The van der Waals surface area contributed by atoms with Crippen molar-refractivity contribution in [1.29, 1.82) is 0 Å². The molecular formula is C20H18Na3O12P. The molecule has 2 atom stereocenters. The number of benzene rings is 2. The zero-order valence-corrected chi connectivity index (χ0v) is 26.5. The Hall–Kier alpha value is -0.540. The quantitative estimate of drug-likeness (QED) is 0.0979. The number of cyclic esters (lactones) is 1. The van der Waals surface area contributed by atoms with E-state index in [2.05, 4.69) is 9.26 Å². The van der Waals surface area contributed by atoms with Crippen LogP contribution in [0.25, 0.3) is 12.2 Å². The maximum absolute atomic E-state index is 11.2. The van der Waals surface area contributed by atoms with Crippen molar-refractivity contribution in [2.24, 2.45) is 0 Å².